The summed E-state index contributed by atoms with van der Waals surface area (Å²) in [4.78, 5) is 11.9. The lowest BCUT2D eigenvalue weighted by molar-refractivity contribution is 0.251. The average Bonchev–Trinajstić information content (AvgIpc) is 2.49. The second-order valence-corrected chi connectivity index (χ2v) is 4.80. The van der Waals surface area contributed by atoms with Crippen molar-refractivity contribution >= 4 is 23.3 Å². The Hall–Kier alpha value is -2.20. The van der Waals surface area contributed by atoms with Gasteiger partial charge in [-0.2, -0.15) is 0 Å². The molecule has 2 N–H and O–H groups in total. The van der Waals surface area contributed by atoms with Crippen LogP contribution < -0.4 is 15.4 Å². The predicted molar refractivity (Wildman–Crippen MR) is 84.9 cm³/mol. The van der Waals surface area contributed by atoms with Gasteiger partial charge in [0.05, 0.1) is 12.3 Å². The first kappa shape index (κ1) is 15.2. The maximum absolute atomic E-state index is 11.9. The third kappa shape index (κ3) is 4.68. The van der Waals surface area contributed by atoms with E-state index in [1.807, 2.05) is 37.3 Å². The maximum atomic E-state index is 11.9. The highest BCUT2D eigenvalue weighted by Gasteiger charge is 2.08. The lowest BCUT2D eigenvalue weighted by Crippen LogP contribution is -2.28. The van der Waals surface area contributed by atoms with Crippen LogP contribution in [0, 0.1) is 0 Å². The number of rotatable bonds is 5. The Morgan fingerprint density at radius 2 is 1.95 bits per heavy atom. The molecule has 0 unspecified atom stereocenters. The van der Waals surface area contributed by atoms with Gasteiger partial charge in [-0.05, 0) is 30.7 Å². The number of halogens is 1. The van der Waals surface area contributed by atoms with Gasteiger partial charge in [0.1, 0.15) is 5.75 Å². The first-order chi connectivity index (χ1) is 10.2. The number of carbonyl (C=O) groups excluding carboxylic acids is 1. The van der Waals surface area contributed by atoms with Crippen LogP contribution in [-0.4, -0.2) is 12.6 Å². The van der Waals surface area contributed by atoms with E-state index in [0.29, 0.717) is 29.6 Å². The zero-order valence-corrected chi connectivity index (χ0v) is 12.5. The lowest BCUT2D eigenvalue weighted by Gasteiger charge is -2.12. The van der Waals surface area contributed by atoms with E-state index in [-0.39, 0.29) is 6.03 Å². The number of amides is 2. The fraction of sp³-hybridized carbons (Fsp3) is 0.188. The van der Waals surface area contributed by atoms with Crippen LogP contribution in [0.2, 0.25) is 5.02 Å². The largest absolute Gasteiger partial charge is 0.492 e. The highest BCUT2D eigenvalue weighted by molar-refractivity contribution is 6.31. The van der Waals surface area contributed by atoms with E-state index in [9.17, 15) is 4.79 Å². The third-order valence-corrected chi connectivity index (χ3v) is 3.02. The van der Waals surface area contributed by atoms with Gasteiger partial charge in [0.2, 0.25) is 0 Å². The van der Waals surface area contributed by atoms with Gasteiger partial charge in [-0.15, -0.1) is 0 Å². The summed E-state index contributed by atoms with van der Waals surface area (Å²) in [5.41, 5.74) is 1.58. The molecule has 2 aromatic carbocycles. The highest BCUT2D eigenvalue weighted by Crippen LogP contribution is 2.27. The van der Waals surface area contributed by atoms with E-state index in [2.05, 4.69) is 10.6 Å². The normalized spacial score (nSPS) is 10.0. The smallest absolute Gasteiger partial charge is 0.319 e. The number of benzene rings is 2. The zero-order chi connectivity index (χ0) is 15.1. The molecule has 0 heterocycles. The van der Waals surface area contributed by atoms with Gasteiger partial charge in [-0.3, -0.25) is 0 Å². The Kier molecular flexibility index (Phi) is 5.46. The van der Waals surface area contributed by atoms with E-state index < -0.39 is 0 Å². The van der Waals surface area contributed by atoms with Crippen LogP contribution >= 0.6 is 11.6 Å². The van der Waals surface area contributed by atoms with Crippen molar-refractivity contribution in [3.63, 3.8) is 0 Å². The minimum atomic E-state index is -0.304. The maximum Gasteiger partial charge on any atom is 0.319 e. The summed E-state index contributed by atoms with van der Waals surface area (Å²) in [6, 6.07) is 14.5. The molecule has 0 saturated heterocycles. The summed E-state index contributed by atoms with van der Waals surface area (Å²) in [5, 5.41) is 6.07. The number of ether oxygens (including phenoxy) is 1. The molecule has 4 nitrogen and oxygen atoms in total. The van der Waals surface area contributed by atoms with Crippen LogP contribution in [0.1, 0.15) is 12.5 Å². The molecule has 0 spiro atoms. The molecule has 0 saturated carbocycles. The molecule has 0 fully saturated rings. The van der Waals surface area contributed by atoms with Crippen molar-refractivity contribution < 1.29 is 9.53 Å². The average molecular weight is 305 g/mol. The van der Waals surface area contributed by atoms with Crippen molar-refractivity contribution in [3.05, 3.63) is 59.1 Å². The van der Waals surface area contributed by atoms with E-state index in [4.69, 9.17) is 16.3 Å². The van der Waals surface area contributed by atoms with Crippen molar-refractivity contribution in [1.29, 1.82) is 0 Å². The topological polar surface area (TPSA) is 50.4 Å². The van der Waals surface area contributed by atoms with Gasteiger partial charge in [0.15, 0.2) is 0 Å². The molecule has 0 aromatic heterocycles. The Bertz CT molecular complexity index is 602. The molecule has 110 valence electrons. The summed E-state index contributed by atoms with van der Waals surface area (Å²) in [6.45, 7) is 2.85. The van der Waals surface area contributed by atoms with Crippen LogP contribution in [0.25, 0.3) is 0 Å². The lowest BCUT2D eigenvalue weighted by atomic mass is 10.2. The molecule has 0 bridgehead atoms. The van der Waals surface area contributed by atoms with E-state index in [0.717, 1.165) is 5.56 Å². The number of hydrogen-bond donors (Lipinski definition) is 2. The second kappa shape index (κ2) is 7.55. The van der Waals surface area contributed by atoms with E-state index >= 15 is 0 Å². The summed E-state index contributed by atoms with van der Waals surface area (Å²) >= 11 is 5.95. The predicted octanol–water partition coefficient (Wildman–Crippen LogP) is 4.06. The first-order valence-electron chi connectivity index (χ1n) is 6.70. The summed E-state index contributed by atoms with van der Waals surface area (Å²) in [6.07, 6.45) is 0. The second-order valence-electron chi connectivity index (χ2n) is 4.37. The van der Waals surface area contributed by atoms with Gasteiger partial charge in [0.25, 0.3) is 0 Å². The van der Waals surface area contributed by atoms with Gasteiger partial charge >= 0.3 is 6.03 Å². The number of anilines is 1. The molecule has 0 aliphatic heterocycles. The van der Waals surface area contributed by atoms with E-state index in [1.54, 1.807) is 18.2 Å². The molecule has 0 aliphatic rings. The standard InChI is InChI=1S/C16H17ClN2O2/c1-2-21-15-9-8-13(17)10-14(15)19-16(20)18-11-12-6-4-3-5-7-12/h3-10H,2,11H2,1H3,(H2,18,19,20). The third-order valence-electron chi connectivity index (χ3n) is 2.79. The molecule has 0 aliphatic carbocycles. The number of urea groups is 1. The Balaban J connectivity index is 1.97. The molecule has 2 aromatic rings. The molecule has 0 atom stereocenters. The van der Waals surface area contributed by atoms with Crippen LogP contribution in [0.5, 0.6) is 5.75 Å². The van der Waals surface area contributed by atoms with Gasteiger partial charge < -0.3 is 15.4 Å². The number of nitrogens with one attached hydrogen (secondary N) is 2. The number of hydrogen-bond acceptors (Lipinski definition) is 2. The van der Waals surface area contributed by atoms with Crippen molar-refractivity contribution in [2.75, 3.05) is 11.9 Å². The Morgan fingerprint density at radius 3 is 2.67 bits per heavy atom. The van der Waals surface area contributed by atoms with Gasteiger partial charge in [-0.25, -0.2) is 4.79 Å². The van der Waals surface area contributed by atoms with Crippen molar-refractivity contribution in [2.45, 2.75) is 13.5 Å². The molecular weight excluding hydrogens is 288 g/mol. The monoisotopic (exact) mass is 304 g/mol. The molecule has 2 rings (SSSR count). The SMILES string of the molecule is CCOc1ccc(Cl)cc1NC(=O)NCc1ccccc1. The van der Waals surface area contributed by atoms with Crippen LogP contribution in [0.4, 0.5) is 10.5 Å². The first-order valence-corrected chi connectivity index (χ1v) is 7.08. The van der Waals surface area contributed by atoms with Crippen molar-refractivity contribution in [1.82, 2.24) is 5.32 Å². The minimum absolute atomic E-state index is 0.304. The van der Waals surface area contributed by atoms with Gasteiger partial charge in [0, 0.05) is 11.6 Å². The Morgan fingerprint density at radius 1 is 1.19 bits per heavy atom. The summed E-state index contributed by atoms with van der Waals surface area (Å²) in [5.74, 6) is 0.594. The molecule has 2 amide bonds. The number of carbonyl (C=O) groups is 1. The molecule has 0 radical (unpaired) electrons. The zero-order valence-electron chi connectivity index (χ0n) is 11.7. The highest BCUT2D eigenvalue weighted by atomic mass is 35.5. The van der Waals surface area contributed by atoms with Gasteiger partial charge in [-0.1, -0.05) is 41.9 Å². The van der Waals surface area contributed by atoms with E-state index in [1.165, 1.54) is 0 Å². The van der Waals surface area contributed by atoms with Crippen LogP contribution in [-0.2, 0) is 6.54 Å². The molecule has 5 heteroatoms. The Labute approximate surface area is 129 Å². The quantitative estimate of drug-likeness (QED) is 0.875. The van der Waals surface area contributed by atoms with Crippen LogP contribution in [0.3, 0.4) is 0 Å². The minimum Gasteiger partial charge on any atom is -0.492 e. The molecule has 21 heavy (non-hydrogen) atoms. The van der Waals surface area contributed by atoms with Crippen molar-refractivity contribution in [3.8, 4) is 5.75 Å². The fourth-order valence-corrected chi connectivity index (χ4v) is 2.00. The summed E-state index contributed by atoms with van der Waals surface area (Å²) in [7, 11) is 0. The van der Waals surface area contributed by atoms with Crippen molar-refractivity contribution in [2.24, 2.45) is 0 Å². The summed E-state index contributed by atoms with van der Waals surface area (Å²) < 4.78 is 5.45. The molecular formula is C16H17ClN2O2. The van der Waals surface area contributed by atoms with Crippen LogP contribution in [0.15, 0.2) is 48.5 Å². The fourth-order valence-electron chi connectivity index (χ4n) is 1.83.